The van der Waals surface area contributed by atoms with E-state index in [-0.39, 0.29) is 0 Å². The minimum absolute atomic E-state index is 0.292. The Bertz CT molecular complexity index is 193. The fourth-order valence-corrected chi connectivity index (χ4v) is 2.10. The molecule has 13 heavy (non-hydrogen) atoms. The molecule has 2 unspecified atom stereocenters. The van der Waals surface area contributed by atoms with Gasteiger partial charge in [0, 0.05) is 12.3 Å². The average molecular weight is 180 g/mol. The molecule has 0 N–H and O–H groups in total. The summed E-state index contributed by atoms with van der Waals surface area (Å²) < 4.78 is 0. The molecule has 1 fully saturated rings. The Morgan fingerprint density at radius 1 is 1.62 bits per heavy atom. The van der Waals surface area contributed by atoms with E-state index in [1.54, 1.807) is 0 Å². The van der Waals surface area contributed by atoms with Crippen LogP contribution in [0.15, 0.2) is 12.7 Å². The van der Waals surface area contributed by atoms with Crippen LogP contribution in [0.3, 0.4) is 0 Å². The van der Waals surface area contributed by atoms with Crippen LogP contribution in [0.1, 0.15) is 39.5 Å². The Balaban J connectivity index is 2.45. The zero-order chi connectivity index (χ0) is 9.84. The van der Waals surface area contributed by atoms with E-state index in [1.807, 2.05) is 6.08 Å². The Morgan fingerprint density at radius 3 is 2.85 bits per heavy atom. The highest BCUT2D eigenvalue weighted by molar-refractivity contribution is 5.83. The summed E-state index contributed by atoms with van der Waals surface area (Å²) in [5.41, 5.74) is 0. The Labute approximate surface area is 81.2 Å². The highest BCUT2D eigenvalue weighted by atomic mass is 16.1. The van der Waals surface area contributed by atoms with Gasteiger partial charge in [-0.2, -0.15) is 0 Å². The second-order valence-electron chi connectivity index (χ2n) is 4.48. The molecule has 1 nitrogen and oxygen atoms in total. The number of Topliss-reactive ketones (excluding diaryl/α,β-unsaturated/α-hetero) is 1. The van der Waals surface area contributed by atoms with Crippen molar-refractivity contribution in [3.05, 3.63) is 12.7 Å². The van der Waals surface area contributed by atoms with Crippen molar-refractivity contribution in [2.24, 2.45) is 17.8 Å². The van der Waals surface area contributed by atoms with Crippen LogP contribution >= 0.6 is 0 Å². The second kappa shape index (κ2) is 4.59. The number of carbonyl (C=O) groups is 1. The summed E-state index contributed by atoms with van der Waals surface area (Å²) in [6.07, 6.45) is 6.01. The van der Waals surface area contributed by atoms with Crippen LogP contribution < -0.4 is 0 Å². The SMILES string of the molecule is C=CC1CCC(=O)C1CCC(C)C. The van der Waals surface area contributed by atoms with Crippen molar-refractivity contribution in [3.63, 3.8) is 0 Å². The number of rotatable bonds is 4. The standard InChI is InChI=1S/C12H20O/c1-4-10-6-8-12(13)11(10)7-5-9(2)3/h4,9-11H,1,5-8H2,2-3H3. The van der Waals surface area contributed by atoms with Crippen LogP contribution in [0.25, 0.3) is 0 Å². The topological polar surface area (TPSA) is 17.1 Å². The van der Waals surface area contributed by atoms with Gasteiger partial charge in [-0.15, -0.1) is 6.58 Å². The van der Waals surface area contributed by atoms with Gasteiger partial charge in [0.15, 0.2) is 0 Å². The van der Waals surface area contributed by atoms with E-state index in [1.165, 1.54) is 6.42 Å². The van der Waals surface area contributed by atoms with Gasteiger partial charge in [0.25, 0.3) is 0 Å². The first-order valence-electron chi connectivity index (χ1n) is 5.30. The van der Waals surface area contributed by atoms with Crippen molar-refractivity contribution in [2.75, 3.05) is 0 Å². The summed E-state index contributed by atoms with van der Waals surface area (Å²) in [5.74, 6) is 1.93. The molecule has 2 atom stereocenters. The molecule has 0 saturated heterocycles. The van der Waals surface area contributed by atoms with Crippen molar-refractivity contribution in [1.29, 1.82) is 0 Å². The maximum absolute atomic E-state index is 11.5. The van der Waals surface area contributed by atoms with Crippen LogP contribution in [-0.2, 0) is 4.79 Å². The van der Waals surface area contributed by atoms with Gasteiger partial charge in [0.05, 0.1) is 0 Å². The van der Waals surface area contributed by atoms with E-state index >= 15 is 0 Å². The largest absolute Gasteiger partial charge is 0.299 e. The zero-order valence-corrected chi connectivity index (χ0v) is 8.75. The van der Waals surface area contributed by atoms with Gasteiger partial charge in [-0.3, -0.25) is 4.79 Å². The highest BCUT2D eigenvalue weighted by Crippen LogP contribution is 2.33. The number of hydrogen-bond acceptors (Lipinski definition) is 1. The number of carbonyl (C=O) groups excluding carboxylic acids is 1. The third-order valence-electron chi connectivity index (χ3n) is 3.01. The maximum atomic E-state index is 11.5. The molecule has 0 aromatic rings. The number of ketones is 1. The molecule has 0 heterocycles. The molecule has 0 radical (unpaired) electrons. The van der Waals surface area contributed by atoms with Crippen molar-refractivity contribution in [1.82, 2.24) is 0 Å². The van der Waals surface area contributed by atoms with Crippen LogP contribution in [0.5, 0.6) is 0 Å². The lowest BCUT2D eigenvalue weighted by Gasteiger charge is -2.15. The van der Waals surface area contributed by atoms with E-state index < -0.39 is 0 Å². The second-order valence-corrected chi connectivity index (χ2v) is 4.48. The molecule has 1 saturated carbocycles. The van der Waals surface area contributed by atoms with Gasteiger partial charge in [-0.1, -0.05) is 26.3 Å². The Hall–Kier alpha value is -0.590. The monoisotopic (exact) mass is 180 g/mol. The molecule has 1 heteroatoms. The van der Waals surface area contributed by atoms with E-state index in [0.717, 1.165) is 19.3 Å². The summed E-state index contributed by atoms with van der Waals surface area (Å²) in [5, 5.41) is 0. The predicted octanol–water partition coefficient (Wildman–Crippen LogP) is 3.20. The Morgan fingerprint density at radius 2 is 2.31 bits per heavy atom. The summed E-state index contributed by atoms with van der Waals surface area (Å²) in [6, 6.07) is 0. The first-order valence-corrected chi connectivity index (χ1v) is 5.30. The molecule has 0 amide bonds. The lowest BCUT2D eigenvalue weighted by molar-refractivity contribution is -0.121. The van der Waals surface area contributed by atoms with Gasteiger partial charge < -0.3 is 0 Å². The van der Waals surface area contributed by atoms with Crippen LogP contribution in [0, 0.1) is 17.8 Å². The molecule has 74 valence electrons. The molecule has 0 bridgehead atoms. The molecule has 0 aliphatic heterocycles. The molecule has 1 rings (SSSR count). The highest BCUT2D eigenvalue weighted by Gasteiger charge is 2.31. The first-order chi connectivity index (χ1) is 6.15. The summed E-state index contributed by atoms with van der Waals surface area (Å²) in [4.78, 5) is 11.5. The third-order valence-corrected chi connectivity index (χ3v) is 3.01. The Kier molecular flexibility index (Phi) is 3.71. The van der Waals surface area contributed by atoms with Gasteiger partial charge in [-0.05, 0) is 24.7 Å². The molecular formula is C12H20O. The smallest absolute Gasteiger partial charge is 0.136 e. The number of hydrogen-bond donors (Lipinski definition) is 0. The van der Waals surface area contributed by atoms with E-state index in [9.17, 15) is 4.79 Å². The molecule has 0 aromatic carbocycles. The fraction of sp³-hybridized carbons (Fsp3) is 0.750. The molecule has 0 aromatic heterocycles. The van der Waals surface area contributed by atoms with Gasteiger partial charge >= 0.3 is 0 Å². The zero-order valence-electron chi connectivity index (χ0n) is 8.75. The minimum atomic E-state index is 0.292. The third kappa shape index (κ3) is 2.68. The molecular weight excluding hydrogens is 160 g/mol. The lowest BCUT2D eigenvalue weighted by atomic mass is 9.89. The van der Waals surface area contributed by atoms with Gasteiger partial charge in [0.2, 0.25) is 0 Å². The van der Waals surface area contributed by atoms with Gasteiger partial charge in [-0.25, -0.2) is 0 Å². The predicted molar refractivity (Wildman–Crippen MR) is 55.5 cm³/mol. The first kappa shape index (κ1) is 10.5. The fourth-order valence-electron chi connectivity index (χ4n) is 2.10. The molecule has 1 aliphatic carbocycles. The molecule has 0 spiro atoms. The van der Waals surface area contributed by atoms with Crippen molar-refractivity contribution >= 4 is 5.78 Å². The van der Waals surface area contributed by atoms with Crippen molar-refractivity contribution in [2.45, 2.75) is 39.5 Å². The summed E-state index contributed by atoms with van der Waals surface area (Å²) in [7, 11) is 0. The van der Waals surface area contributed by atoms with E-state index in [4.69, 9.17) is 0 Å². The van der Waals surface area contributed by atoms with E-state index in [2.05, 4.69) is 20.4 Å². The van der Waals surface area contributed by atoms with Gasteiger partial charge in [0.1, 0.15) is 5.78 Å². The van der Waals surface area contributed by atoms with Crippen LogP contribution in [0.2, 0.25) is 0 Å². The van der Waals surface area contributed by atoms with Crippen LogP contribution in [0.4, 0.5) is 0 Å². The minimum Gasteiger partial charge on any atom is -0.299 e. The summed E-state index contributed by atoms with van der Waals surface area (Å²) >= 11 is 0. The van der Waals surface area contributed by atoms with Crippen molar-refractivity contribution in [3.8, 4) is 0 Å². The average Bonchev–Trinajstić information content (AvgIpc) is 2.43. The van der Waals surface area contributed by atoms with Crippen molar-refractivity contribution < 1.29 is 4.79 Å². The number of allylic oxidation sites excluding steroid dienone is 1. The molecule has 1 aliphatic rings. The van der Waals surface area contributed by atoms with Crippen LogP contribution in [-0.4, -0.2) is 5.78 Å². The normalized spacial score (nSPS) is 28.4. The lowest BCUT2D eigenvalue weighted by Crippen LogP contribution is -2.13. The quantitative estimate of drug-likeness (QED) is 0.607. The summed E-state index contributed by atoms with van der Waals surface area (Å²) in [6.45, 7) is 8.22. The maximum Gasteiger partial charge on any atom is 0.136 e. The van der Waals surface area contributed by atoms with E-state index in [0.29, 0.717) is 23.5 Å².